The standard InChI is InChI=1S/C29H32FNO2/c1-6-26-25-17-23(25)24-16-19(11-14-27(24)31-26)22(21-13-12-20(30)15-18(21)2)9-7-8-10-28(32)33-29(3,4)5/h6,9,11-16,23,25H,1,7-8,10,17H2,2-5H3/b22-9-/t23?,25-/m0/s1. The number of rotatable bonds is 7. The molecule has 33 heavy (non-hydrogen) atoms. The SMILES string of the molecule is C=CC1=Nc2ccc(/C(=C/CCCC(=O)OC(C)(C)C)c3ccc(F)cc3C)cc2C2C[C@H]12. The maximum atomic E-state index is 13.8. The number of allylic oxidation sites excluding steroid dienone is 2. The number of halogens is 1. The maximum Gasteiger partial charge on any atom is 0.306 e. The monoisotopic (exact) mass is 445 g/mol. The second-order valence-corrected chi connectivity index (χ2v) is 10.0. The van der Waals surface area contributed by atoms with Gasteiger partial charge in [0.1, 0.15) is 11.4 Å². The quantitative estimate of drug-likeness (QED) is 0.328. The Labute approximate surface area is 196 Å². The van der Waals surface area contributed by atoms with Crippen LogP contribution in [0.15, 0.2) is 60.1 Å². The number of benzene rings is 2. The van der Waals surface area contributed by atoms with Crippen molar-refractivity contribution >= 4 is 22.9 Å². The van der Waals surface area contributed by atoms with Crippen molar-refractivity contribution in [1.82, 2.24) is 0 Å². The normalized spacial score (nSPS) is 19.3. The van der Waals surface area contributed by atoms with E-state index in [-0.39, 0.29) is 11.8 Å². The van der Waals surface area contributed by atoms with Gasteiger partial charge in [0, 0.05) is 18.1 Å². The summed E-state index contributed by atoms with van der Waals surface area (Å²) in [5, 5.41) is 0. The van der Waals surface area contributed by atoms with Gasteiger partial charge in [-0.15, -0.1) is 0 Å². The molecule has 1 aliphatic heterocycles. The van der Waals surface area contributed by atoms with E-state index in [1.54, 1.807) is 6.07 Å². The maximum absolute atomic E-state index is 13.8. The molecule has 0 aromatic heterocycles. The first-order chi connectivity index (χ1) is 15.7. The summed E-state index contributed by atoms with van der Waals surface area (Å²) < 4.78 is 19.2. The zero-order valence-electron chi connectivity index (χ0n) is 20.0. The van der Waals surface area contributed by atoms with Crippen molar-refractivity contribution in [1.29, 1.82) is 0 Å². The number of carbonyl (C=O) groups excluding carboxylic acids is 1. The van der Waals surface area contributed by atoms with Gasteiger partial charge in [0.05, 0.1) is 5.69 Å². The first-order valence-electron chi connectivity index (χ1n) is 11.7. The fourth-order valence-corrected chi connectivity index (χ4v) is 4.60. The van der Waals surface area contributed by atoms with Gasteiger partial charge in [-0.25, -0.2) is 4.39 Å². The summed E-state index contributed by atoms with van der Waals surface area (Å²) in [5.74, 6) is 0.574. The van der Waals surface area contributed by atoms with Crippen LogP contribution in [0, 0.1) is 18.7 Å². The number of ether oxygens (including phenoxy) is 1. The number of esters is 1. The van der Waals surface area contributed by atoms with Crippen LogP contribution in [-0.4, -0.2) is 17.3 Å². The first kappa shape index (κ1) is 23.2. The Morgan fingerprint density at radius 1 is 1.21 bits per heavy atom. The van der Waals surface area contributed by atoms with E-state index in [4.69, 9.17) is 9.73 Å². The van der Waals surface area contributed by atoms with Crippen LogP contribution >= 0.6 is 0 Å². The summed E-state index contributed by atoms with van der Waals surface area (Å²) in [5.41, 5.74) is 6.98. The molecule has 2 atom stereocenters. The average Bonchev–Trinajstić information content (AvgIpc) is 3.54. The van der Waals surface area contributed by atoms with Crippen LogP contribution in [0.2, 0.25) is 0 Å². The molecule has 172 valence electrons. The van der Waals surface area contributed by atoms with Crippen molar-refractivity contribution < 1.29 is 13.9 Å². The van der Waals surface area contributed by atoms with Crippen molar-refractivity contribution in [3.05, 3.63) is 83.2 Å². The lowest BCUT2D eigenvalue weighted by Gasteiger charge is -2.19. The fraction of sp³-hybridized carbons (Fsp3) is 0.379. The summed E-state index contributed by atoms with van der Waals surface area (Å²) >= 11 is 0. The molecule has 2 aromatic rings. The van der Waals surface area contributed by atoms with Crippen molar-refractivity contribution in [2.75, 3.05) is 0 Å². The third-order valence-electron chi connectivity index (χ3n) is 6.20. The summed E-state index contributed by atoms with van der Waals surface area (Å²) in [4.78, 5) is 16.9. The van der Waals surface area contributed by atoms with E-state index >= 15 is 0 Å². The molecule has 4 heteroatoms. The zero-order valence-corrected chi connectivity index (χ0v) is 20.0. The topological polar surface area (TPSA) is 38.7 Å². The smallest absolute Gasteiger partial charge is 0.306 e. The van der Waals surface area contributed by atoms with Crippen LogP contribution in [0.4, 0.5) is 10.1 Å². The highest BCUT2D eigenvalue weighted by atomic mass is 19.1. The highest BCUT2D eigenvalue weighted by molar-refractivity contribution is 6.03. The molecule has 1 heterocycles. The van der Waals surface area contributed by atoms with Crippen molar-refractivity contribution in [2.24, 2.45) is 10.9 Å². The Balaban J connectivity index is 1.61. The third-order valence-corrected chi connectivity index (χ3v) is 6.20. The molecule has 4 rings (SSSR count). The summed E-state index contributed by atoms with van der Waals surface area (Å²) in [6.07, 6.45) is 6.95. The molecule has 1 saturated carbocycles. The molecule has 1 fully saturated rings. The second kappa shape index (κ2) is 9.09. The zero-order chi connectivity index (χ0) is 23.8. The van der Waals surface area contributed by atoms with Crippen LogP contribution in [-0.2, 0) is 9.53 Å². The molecule has 2 aromatic carbocycles. The Morgan fingerprint density at radius 3 is 2.70 bits per heavy atom. The van der Waals surface area contributed by atoms with Gasteiger partial charge < -0.3 is 4.74 Å². The van der Waals surface area contributed by atoms with Gasteiger partial charge in [0.2, 0.25) is 0 Å². The highest BCUT2D eigenvalue weighted by Crippen LogP contribution is 2.55. The van der Waals surface area contributed by atoms with Gasteiger partial charge in [0.25, 0.3) is 0 Å². The van der Waals surface area contributed by atoms with Crippen molar-refractivity contribution in [3.8, 4) is 0 Å². The molecule has 0 saturated heterocycles. The van der Waals surface area contributed by atoms with Crippen LogP contribution in [0.3, 0.4) is 0 Å². The molecule has 1 unspecified atom stereocenters. The number of unbranched alkanes of at least 4 members (excludes halogenated alkanes) is 1. The number of fused-ring (bicyclic) bond motifs is 3. The molecule has 3 nitrogen and oxygen atoms in total. The minimum Gasteiger partial charge on any atom is -0.460 e. The highest BCUT2D eigenvalue weighted by Gasteiger charge is 2.44. The van der Waals surface area contributed by atoms with Gasteiger partial charge in [-0.2, -0.15) is 0 Å². The Kier molecular flexibility index (Phi) is 6.38. The largest absolute Gasteiger partial charge is 0.460 e. The number of aryl methyl sites for hydroxylation is 1. The van der Waals surface area contributed by atoms with Gasteiger partial charge in [-0.1, -0.05) is 24.8 Å². The Morgan fingerprint density at radius 2 is 2.00 bits per heavy atom. The molecule has 0 N–H and O–H groups in total. The molecular formula is C29H32FNO2. The summed E-state index contributed by atoms with van der Waals surface area (Å²) in [6, 6.07) is 11.3. The van der Waals surface area contributed by atoms with Crippen molar-refractivity contribution in [2.45, 2.75) is 64.9 Å². The van der Waals surface area contributed by atoms with E-state index in [0.29, 0.717) is 24.7 Å². The first-order valence-corrected chi connectivity index (χ1v) is 11.7. The Hall–Kier alpha value is -3.01. The fourth-order valence-electron chi connectivity index (χ4n) is 4.60. The average molecular weight is 446 g/mol. The number of hydrogen-bond donors (Lipinski definition) is 0. The van der Waals surface area contributed by atoms with Gasteiger partial charge >= 0.3 is 5.97 Å². The van der Waals surface area contributed by atoms with E-state index in [1.807, 2.05) is 39.8 Å². The number of carbonyl (C=O) groups is 1. The minimum atomic E-state index is -0.471. The Bertz CT molecular complexity index is 1150. The summed E-state index contributed by atoms with van der Waals surface area (Å²) in [6.45, 7) is 11.5. The number of aliphatic imine (C=N–C) groups is 1. The van der Waals surface area contributed by atoms with Crippen LogP contribution < -0.4 is 0 Å². The molecule has 0 bridgehead atoms. The minimum absolute atomic E-state index is 0.181. The van der Waals surface area contributed by atoms with E-state index < -0.39 is 5.60 Å². The van der Waals surface area contributed by atoms with E-state index in [9.17, 15) is 9.18 Å². The molecule has 1 aliphatic carbocycles. The summed E-state index contributed by atoms with van der Waals surface area (Å²) in [7, 11) is 0. The molecular weight excluding hydrogens is 413 g/mol. The van der Waals surface area contributed by atoms with Crippen LogP contribution in [0.1, 0.15) is 74.6 Å². The van der Waals surface area contributed by atoms with Crippen LogP contribution in [0.5, 0.6) is 0 Å². The van der Waals surface area contributed by atoms with Gasteiger partial charge in [0.15, 0.2) is 0 Å². The van der Waals surface area contributed by atoms with Crippen LogP contribution in [0.25, 0.3) is 5.57 Å². The second-order valence-electron chi connectivity index (χ2n) is 10.0. The number of hydrogen-bond acceptors (Lipinski definition) is 3. The molecule has 0 spiro atoms. The lowest BCUT2D eigenvalue weighted by molar-refractivity contribution is -0.154. The molecule has 0 radical (unpaired) electrons. The van der Waals surface area contributed by atoms with E-state index in [2.05, 4.69) is 30.9 Å². The molecule has 2 aliphatic rings. The number of nitrogens with zero attached hydrogens (tertiary/aromatic N) is 1. The van der Waals surface area contributed by atoms with Crippen molar-refractivity contribution in [3.63, 3.8) is 0 Å². The molecule has 0 amide bonds. The lowest BCUT2D eigenvalue weighted by atomic mass is 9.90. The third kappa shape index (κ3) is 5.32. The lowest BCUT2D eigenvalue weighted by Crippen LogP contribution is -2.23. The predicted octanol–water partition coefficient (Wildman–Crippen LogP) is 7.45. The van der Waals surface area contributed by atoms with Gasteiger partial charge in [-0.3, -0.25) is 9.79 Å². The van der Waals surface area contributed by atoms with E-state index in [0.717, 1.165) is 46.5 Å². The predicted molar refractivity (Wildman–Crippen MR) is 132 cm³/mol. The van der Waals surface area contributed by atoms with Gasteiger partial charge in [-0.05, 0) is 111 Å². The van der Waals surface area contributed by atoms with E-state index in [1.165, 1.54) is 11.6 Å².